The molecule has 0 bridgehead atoms. The number of carbonyl (C=O) groups is 2. The lowest BCUT2D eigenvalue weighted by Gasteiger charge is -2.24. The number of carbonyl (C=O) groups excluding carboxylic acids is 2. The fraction of sp³-hybridized carbons (Fsp3) is 0.200. The van der Waals surface area contributed by atoms with Gasteiger partial charge in [0.1, 0.15) is 23.3 Å². The Morgan fingerprint density at radius 3 is 2.69 bits per heavy atom. The number of anilines is 1. The molecule has 2 aliphatic heterocycles. The third-order valence-electron chi connectivity index (χ3n) is 5.79. The van der Waals surface area contributed by atoms with Gasteiger partial charge >= 0.3 is 0 Å². The molecule has 2 aromatic carbocycles. The first-order valence-corrected chi connectivity index (χ1v) is 11.2. The number of aryl methyl sites for hydroxylation is 1. The van der Waals surface area contributed by atoms with E-state index in [1.54, 1.807) is 37.4 Å². The summed E-state index contributed by atoms with van der Waals surface area (Å²) in [6.07, 6.45) is 1.74. The van der Waals surface area contributed by atoms with E-state index in [1.807, 2.05) is 29.6 Å². The van der Waals surface area contributed by atoms with E-state index in [0.29, 0.717) is 23.6 Å². The smallest absolute Gasteiger partial charge is 0.300 e. The zero-order chi connectivity index (χ0) is 22.2. The molecular weight excluding hydrogens is 426 g/mol. The van der Waals surface area contributed by atoms with Gasteiger partial charge in [-0.15, -0.1) is 11.3 Å². The maximum atomic E-state index is 13.2. The standard InChI is InChI=1S/C25H21NO5S/c1-30-18-9-7-17(8-10-18)26-22(20-5-3-13-32-20)21(24(28)25(26)29)23(27)16-6-11-19-15(14-16)4-2-12-31-19/h3,5-11,13-14,22,27H,2,4,12H2,1H3/b23-21-. The number of ether oxygens (including phenoxy) is 2. The highest BCUT2D eigenvalue weighted by Gasteiger charge is 2.47. The van der Waals surface area contributed by atoms with Crippen LogP contribution in [-0.2, 0) is 16.0 Å². The zero-order valence-electron chi connectivity index (χ0n) is 17.4. The molecular formula is C25H21NO5S. The zero-order valence-corrected chi connectivity index (χ0v) is 18.2. The summed E-state index contributed by atoms with van der Waals surface area (Å²) in [5.74, 6) is -0.108. The molecule has 5 rings (SSSR count). The molecule has 3 heterocycles. The van der Waals surface area contributed by atoms with Gasteiger partial charge in [-0.3, -0.25) is 14.5 Å². The summed E-state index contributed by atoms with van der Waals surface area (Å²) in [5.41, 5.74) is 2.13. The van der Waals surface area contributed by atoms with Gasteiger partial charge in [0, 0.05) is 16.1 Å². The fourth-order valence-corrected chi connectivity index (χ4v) is 5.04. The topological polar surface area (TPSA) is 76.1 Å². The van der Waals surface area contributed by atoms with Crippen molar-refractivity contribution in [3.63, 3.8) is 0 Å². The van der Waals surface area contributed by atoms with Crippen LogP contribution in [0.15, 0.2) is 65.6 Å². The quantitative estimate of drug-likeness (QED) is 0.356. The monoisotopic (exact) mass is 447 g/mol. The molecule has 1 fully saturated rings. The molecule has 7 heteroatoms. The van der Waals surface area contributed by atoms with Crippen LogP contribution < -0.4 is 14.4 Å². The van der Waals surface area contributed by atoms with Crippen LogP contribution in [0.5, 0.6) is 11.5 Å². The first kappa shape index (κ1) is 20.3. The number of nitrogens with zero attached hydrogens (tertiary/aromatic N) is 1. The van der Waals surface area contributed by atoms with Crippen LogP contribution in [0.4, 0.5) is 5.69 Å². The second kappa shape index (κ2) is 8.16. The average Bonchev–Trinajstić information content (AvgIpc) is 3.45. The molecule has 1 N–H and O–H groups in total. The maximum absolute atomic E-state index is 13.2. The van der Waals surface area contributed by atoms with Gasteiger partial charge in [-0.1, -0.05) is 6.07 Å². The number of aliphatic hydroxyl groups excluding tert-OH is 1. The molecule has 32 heavy (non-hydrogen) atoms. The van der Waals surface area contributed by atoms with Gasteiger partial charge in [0.25, 0.3) is 11.7 Å². The Hall–Kier alpha value is -3.58. The van der Waals surface area contributed by atoms with Crippen molar-refractivity contribution in [2.24, 2.45) is 0 Å². The first-order chi connectivity index (χ1) is 15.6. The summed E-state index contributed by atoms with van der Waals surface area (Å²) >= 11 is 1.43. The third-order valence-corrected chi connectivity index (χ3v) is 6.71. The van der Waals surface area contributed by atoms with Crippen LogP contribution >= 0.6 is 11.3 Å². The molecule has 0 radical (unpaired) electrons. The Kier molecular flexibility index (Phi) is 5.19. The SMILES string of the molecule is COc1ccc(N2C(=O)C(=O)/C(=C(\O)c3ccc4c(c3)CCCO4)C2c2cccs2)cc1. The Bertz CT molecular complexity index is 1210. The van der Waals surface area contributed by atoms with Gasteiger partial charge in [0.2, 0.25) is 0 Å². The molecule has 2 aliphatic rings. The number of methoxy groups -OCH3 is 1. The molecule has 0 saturated carbocycles. The van der Waals surface area contributed by atoms with Crippen molar-refractivity contribution in [1.29, 1.82) is 0 Å². The summed E-state index contributed by atoms with van der Waals surface area (Å²) in [4.78, 5) is 28.5. The highest BCUT2D eigenvalue weighted by Crippen LogP contribution is 2.44. The minimum absolute atomic E-state index is 0.0879. The molecule has 0 spiro atoms. The summed E-state index contributed by atoms with van der Waals surface area (Å²) in [6.45, 7) is 0.670. The van der Waals surface area contributed by atoms with Crippen molar-refractivity contribution < 1.29 is 24.2 Å². The lowest BCUT2D eigenvalue weighted by molar-refractivity contribution is -0.132. The van der Waals surface area contributed by atoms with Crippen molar-refractivity contribution >= 4 is 34.5 Å². The number of ketones is 1. The number of benzene rings is 2. The Morgan fingerprint density at radius 1 is 1.16 bits per heavy atom. The van der Waals surface area contributed by atoms with E-state index >= 15 is 0 Å². The molecule has 1 atom stereocenters. The maximum Gasteiger partial charge on any atom is 0.300 e. The minimum Gasteiger partial charge on any atom is -0.507 e. The van der Waals surface area contributed by atoms with Crippen LogP contribution in [-0.4, -0.2) is 30.5 Å². The van der Waals surface area contributed by atoms with Gasteiger partial charge in [0.05, 0.1) is 19.3 Å². The van der Waals surface area contributed by atoms with Crippen molar-refractivity contribution in [3.05, 3.63) is 81.6 Å². The van der Waals surface area contributed by atoms with Gasteiger partial charge in [-0.25, -0.2) is 0 Å². The predicted octanol–water partition coefficient (Wildman–Crippen LogP) is 4.71. The Balaban J connectivity index is 1.65. The van der Waals surface area contributed by atoms with Gasteiger partial charge in [-0.2, -0.15) is 0 Å². The summed E-state index contributed by atoms with van der Waals surface area (Å²) < 4.78 is 10.9. The Morgan fingerprint density at radius 2 is 1.97 bits per heavy atom. The number of aliphatic hydroxyl groups is 1. The largest absolute Gasteiger partial charge is 0.507 e. The third kappa shape index (κ3) is 3.35. The molecule has 1 aromatic heterocycles. The number of Topliss-reactive ketones (excluding diaryl/α,β-unsaturated/α-hetero) is 1. The highest BCUT2D eigenvalue weighted by atomic mass is 32.1. The van der Waals surface area contributed by atoms with Crippen LogP contribution in [0.2, 0.25) is 0 Å². The van der Waals surface area contributed by atoms with Gasteiger partial charge < -0.3 is 14.6 Å². The second-order valence-corrected chi connectivity index (χ2v) is 8.64. The van der Waals surface area contributed by atoms with E-state index in [9.17, 15) is 14.7 Å². The number of hydrogen-bond acceptors (Lipinski definition) is 6. The van der Waals surface area contributed by atoms with Crippen molar-refractivity contribution in [1.82, 2.24) is 0 Å². The molecule has 6 nitrogen and oxygen atoms in total. The van der Waals surface area contributed by atoms with E-state index in [2.05, 4.69) is 0 Å². The van der Waals surface area contributed by atoms with Crippen LogP contribution in [0.1, 0.15) is 28.5 Å². The molecule has 162 valence electrons. The molecule has 0 aliphatic carbocycles. The highest BCUT2D eigenvalue weighted by molar-refractivity contribution is 7.10. The number of amides is 1. The number of rotatable bonds is 4. The van der Waals surface area contributed by atoms with E-state index in [0.717, 1.165) is 29.0 Å². The van der Waals surface area contributed by atoms with E-state index in [4.69, 9.17) is 9.47 Å². The fourth-order valence-electron chi connectivity index (χ4n) is 4.22. The number of fused-ring (bicyclic) bond motifs is 1. The van der Waals surface area contributed by atoms with Crippen LogP contribution in [0.3, 0.4) is 0 Å². The number of thiophene rings is 1. The van der Waals surface area contributed by atoms with Gasteiger partial charge in [0.15, 0.2) is 0 Å². The Labute approximate surface area is 189 Å². The van der Waals surface area contributed by atoms with Crippen LogP contribution in [0, 0.1) is 0 Å². The van der Waals surface area contributed by atoms with Crippen molar-refractivity contribution in [2.45, 2.75) is 18.9 Å². The van der Waals surface area contributed by atoms with Gasteiger partial charge in [-0.05, 0) is 72.3 Å². The summed E-state index contributed by atoms with van der Waals surface area (Å²) in [5, 5.41) is 13.1. The summed E-state index contributed by atoms with van der Waals surface area (Å²) in [6, 6.07) is 15.4. The van der Waals surface area contributed by atoms with Crippen LogP contribution in [0.25, 0.3) is 5.76 Å². The second-order valence-electron chi connectivity index (χ2n) is 7.66. The lowest BCUT2D eigenvalue weighted by Crippen LogP contribution is -2.29. The molecule has 1 saturated heterocycles. The lowest BCUT2D eigenvalue weighted by atomic mass is 9.97. The summed E-state index contributed by atoms with van der Waals surface area (Å²) in [7, 11) is 1.57. The van der Waals surface area contributed by atoms with E-state index in [-0.39, 0.29) is 11.3 Å². The number of hydrogen-bond donors (Lipinski definition) is 1. The molecule has 3 aromatic rings. The average molecular weight is 448 g/mol. The van der Waals surface area contributed by atoms with Crippen molar-refractivity contribution in [3.8, 4) is 11.5 Å². The first-order valence-electron chi connectivity index (χ1n) is 10.3. The normalized spacial score (nSPS) is 19.5. The molecule has 1 amide bonds. The van der Waals surface area contributed by atoms with E-state index in [1.165, 1.54) is 16.2 Å². The van der Waals surface area contributed by atoms with E-state index < -0.39 is 17.7 Å². The predicted molar refractivity (Wildman–Crippen MR) is 122 cm³/mol. The minimum atomic E-state index is -0.712. The van der Waals surface area contributed by atoms with Crippen molar-refractivity contribution in [2.75, 3.05) is 18.6 Å². The molecule has 1 unspecified atom stereocenters.